The van der Waals surface area contributed by atoms with Crippen molar-refractivity contribution in [1.82, 2.24) is 24.2 Å². The average Bonchev–Trinajstić information content (AvgIpc) is 3.42. The van der Waals surface area contributed by atoms with E-state index in [4.69, 9.17) is 0 Å². The van der Waals surface area contributed by atoms with Gasteiger partial charge in [0.1, 0.15) is 28.5 Å². The van der Waals surface area contributed by atoms with Gasteiger partial charge in [0, 0.05) is 25.8 Å². The number of nitriles is 1. The van der Waals surface area contributed by atoms with Crippen LogP contribution in [0.1, 0.15) is 48.8 Å². The fourth-order valence-electron chi connectivity index (χ4n) is 4.71. The van der Waals surface area contributed by atoms with E-state index in [0.717, 1.165) is 18.4 Å². The zero-order valence-corrected chi connectivity index (χ0v) is 21.4. The van der Waals surface area contributed by atoms with Gasteiger partial charge in [0.15, 0.2) is 0 Å². The van der Waals surface area contributed by atoms with E-state index in [0.29, 0.717) is 53.7 Å². The third kappa shape index (κ3) is 5.11. The topological polar surface area (TPSA) is 124 Å². The molecule has 0 bridgehead atoms. The van der Waals surface area contributed by atoms with Crippen LogP contribution in [0, 0.1) is 38.0 Å². The lowest BCUT2D eigenvalue weighted by molar-refractivity contribution is -0.134. The Hall–Kier alpha value is -3.16. The van der Waals surface area contributed by atoms with E-state index < -0.39 is 16.1 Å². The lowest BCUT2D eigenvalue weighted by atomic mass is 9.98. The van der Waals surface area contributed by atoms with Crippen LogP contribution < -0.4 is 4.72 Å². The zero-order valence-electron chi connectivity index (χ0n) is 20.6. The van der Waals surface area contributed by atoms with Crippen LogP contribution in [0.2, 0.25) is 0 Å². The predicted molar refractivity (Wildman–Crippen MR) is 133 cm³/mol. The summed E-state index contributed by atoms with van der Waals surface area (Å²) in [7, 11) is -4.07. The van der Waals surface area contributed by atoms with Gasteiger partial charge >= 0.3 is 0 Å². The molecule has 1 fully saturated rings. The summed E-state index contributed by atoms with van der Waals surface area (Å²) in [4.78, 5) is 22.9. The summed E-state index contributed by atoms with van der Waals surface area (Å²) in [6.45, 7) is 9.12. The maximum Gasteiger partial charge on any atom is 0.243 e. The number of benzene rings is 1. The molecule has 0 saturated carbocycles. The van der Waals surface area contributed by atoms with E-state index in [1.165, 1.54) is 0 Å². The number of aryl methyl sites for hydroxylation is 3. The van der Waals surface area contributed by atoms with Crippen LogP contribution in [0.25, 0.3) is 11.0 Å². The van der Waals surface area contributed by atoms with E-state index in [1.807, 2.05) is 13.0 Å². The lowest BCUT2D eigenvalue weighted by Gasteiger charge is -2.33. The van der Waals surface area contributed by atoms with Crippen molar-refractivity contribution in [2.75, 3.05) is 13.1 Å². The number of sulfonamides is 1. The molecule has 2 aromatic heterocycles. The second-order valence-electron chi connectivity index (χ2n) is 9.53. The number of piperidine rings is 1. The summed E-state index contributed by atoms with van der Waals surface area (Å²) < 4.78 is 32.0. The van der Waals surface area contributed by atoms with Gasteiger partial charge < -0.3 is 14.5 Å². The minimum atomic E-state index is -4.07. The number of nitrogens with one attached hydrogen (secondary N) is 2. The summed E-state index contributed by atoms with van der Waals surface area (Å²) >= 11 is 0. The quantitative estimate of drug-likeness (QED) is 0.520. The number of rotatable bonds is 7. The first kappa shape index (κ1) is 24.9. The van der Waals surface area contributed by atoms with Crippen molar-refractivity contribution in [2.24, 2.45) is 5.92 Å². The molecule has 1 aliphatic rings. The van der Waals surface area contributed by atoms with Gasteiger partial charge in [-0.15, -0.1) is 0 Å². The van der Waals surface area contributed by atoms with Crippen molar-refractivity contribution in [1.29, 1.82) is 5.26 Å². The van der Waals surface area contributed by atoms with Gasteiger partial charge in [-0.2, -0.15) is 9.98 Å². The molecule has 4 rings (SSSR count). The van der Waals surface area contributed by atoms with Crippen LogP contribution in [-0.2, 0) is 21.4 Å². The van der Waals surface area contributed by atoms with Crippen LogP contribution in [0.15, 0.2) is 29.3 Å². The fourth-order valence-corrected chi connectivity index (χ4v) is 6.41. The molecule has 186 valence electrons. The largest absolute Gasteiger partial charge is 0.341 e. The Labute approximate surface area is 206 Å². The fraction of sp³-hybridized carbons (Fsp3) is 0.480. The molecule has 2 N–H and O–H groups in total. The van der Waals surface area contributed by atoms with E-state index in [1.54, 1.807) is 41.6 Å². The zero-order chi connectivity index (χ0) is 25.3. The van der Waals surface area contributed by atoms with E-state index >= 15 is 0 Å². The molecule has 10 heteroatoms. The SMILES string of the molecule is Cc1nc2cc(C)c(C)c(S(=O)(=O)NC(CCn3cccc3C#N)C(=O)N3CCC(C)CC3)c2[nH]1. The number of carbonyl (C=O) groups is 1. The molecule has 35 heavy (non-hydrogen) atoms. The molecule has 0 spiro atoms. The Kier molecular flexibility index (Phi) is 7.01. The second-order valence-corrected chi connectivity index (χ2v) is 11.2. The first-order chi connectivity index (χ1) is 16.6. The van der Waals surface area contributed by atoms with Crippen molar-refractivity contribution in [2.45, 2.75) is 64.4 Å². The molecular weight excluding hydrogens is 464 g/mol. The van der Waals surface area contributed by atoms with Crippen LogP contribution in [0.5, 0.6) is 0 Å². The summed E-state index contributed by atoms with van der Waals surface area (Å²) in [5.74, 6) is 0.931. The first-order valence-corrected chi connectivity index (χ1v) is 13.4. The van der Waals surface area contributed by atoms with Crippen molar-refractivity contribution in [3.8, 4) is 6.07 Å². The molecule has 1 amide bonds. The Morgan fingerprint density at radius 3 is 2.71 bits per heavy atom. The van der Waals surface area contributed by atoms with Crippen LogP contribution in [-0.4, -0.2) is 52.9 Å². The number of carbonyl (C=O) groups excluding carboxylic acids is 1. The molecule has 1 saturated heterocycles. The van der Waals surface area contributed by atoms with E-state index in [9.17, 15) is 18.5 Å². The van der Waals surface area contributed by atoms with Crippen molar-refractivity contribution in [3.05, 3.63) is 47.0 Å². The highest BCUT2D eigenvalue weighted by Gasteiger charge is 2.33. The molecule has 0 aliphatic carbocycles. The van der Waals surface area contributed by atoms with Crippen molar-refractivity contribution < 1.29 is 13.2 Å². The summed E-state index contributed by atoms with van der Waals surface area (Å²) in [5.41, 5.74) is 2.90. The second kappa shape index (κ2) is 9.84. The number of amides is 1. The molecule has 3 aromatic rings. The van der Waals surface area contributed by atoms with Gasteiger partial charge in [-0.05, 0) is 75.3 Å². The number of aromatic nitrogens is 3. The standard InChI is InChI=1S/C25H32N6O3S/c1-16-7-11-31(12-8-16)25(32)21(9-13-30-10-5-6-20(30)15-26)29-35(33,34)24-18(3)17(2)14-22-23(24)28-19(4)27-22/h5-6,10,14,16,21,29H,7-9,11-13H2,1-4H3,(H,27,28). The van der Waals surface area contributed by atoms with E-state index in [-0.39, 0.29) is 17.2 Å². The number of likely N-dealkylation sites (tertiary alicyclic amines) is 1. The molecule has 0 radical (unpaired) electrons. The van der Waals surface area contributed by atoms with Gasteiger partial charge in [0.25, 0.3) is 0 Å². The number of H-pyrrole nitrogens is 1. The van der Waals surface area contributed by atoms with Gasteiger partial charge in [-0.1, -0.05) is 6.92 Å². The van der Waals surface area contributed by atoms with Crippen LogP contribution in [0.3, 0.4) is 0 Å². The summed E-state index contributed by atoms with van der Waals surface area (Å²) in [6.07, 6.45) is 3.78. The molecule has 9 nitrogen and oxygen atoms in total. The van der Waals surface area contributed by atoms with Gasteiger partial charge in [-0.3, -0.25) is 4.79 Å². The van der Waals surface area contributed by atoms with E-state index in [2.05, 4.69) is 27.7 Å². The van der Waals surface area contributed by atoms with Gasteiger partial charge in [-0.25, -0.2) is 13.4 Å². The van der Waals surface area contributed by atoms with Crippen molar-refractivity contribution >= 4 is 27.0 Å². The monoisotopic (exact) mass is 496 g/mol. The molecule has 1 aliphatic heterocycles. The number of hydrogen-bond acceptors (Lipinski definition) is 5. The minimum Gasteiger partial charge on any atom is -0.341 e. The van der Waals surface area contributed by atoms with Gasteiger partial charge in [0.2, 0.25) is 15.9 Å². The minimum absolute atomic E-state index is 0.122. The number of imidazole rings is 1. The Balaban J connectivity index is 1.68. The normalized spacial score (nSPS) is 15.9. The lowest BCUT2D eigenvalue weighted by Crippen LogP contribution is -2.51. The third-order valence-electron chi connectivity index (χ3n) is 6.92. The highest BCUT2D eigenvalue weighted by Crippen LogP contribution is 2.28. The van der Waals surface area contributed by atoms with Gasteiger partial charge in [0.05, 0.1) is 11.0 Å². The molecule has 3 heterocycles. The number of fused-ring (bicyclic) bond motifs is 1. The number of hydrogen-bond donors (Lipinski definition) is 2. The molecular formula is C25H32N6O3S. The Morgan fingerprint density at radius 1 is 1.31 bits per heavy atom. The molecule has 1 unspecified atom stereocenters. The number of aromatic amines is 1. The predicted octanol–water partition coefficient (Wildman–Crippen LogP) is 3.16. The third-order valence-corrected chi connectivity index (χ3v) is 8.57. The molecule has 1 aromatic carbocycles. The smallest absolute Gasteiger partial charge is 0.243 e. The average molecular weight is 497 g/mol. The van der Waals surface area contributed by atoms with Crippen LogP contribution >= 0.6 is 0 Å². The first-order valence-electron chi connectivity index (χ1n) is 11.9. The number of nitrogens with zero attached hydrogens (tertiary/aromatic N) is 4. The highest BCUT2D eigenvalue weighted by molar-refractivity contribution is 7.89. The summed E-state index contributed by atoms with van der Waals surface area (Å²) in [5, 5.41) is 9.34. The maximum absolute atomic E-state index is 13.8. The van der Waals surface area contributed by atoms with Crippen molar-refractivity contribution in [3.63, 3.8) is 0 Å². The molecule has 1 atom stereocenters. The Morgan fingerprint density at radius 2 is 2.03 bits per heavy atom. The van der Waals surface area contributed by atoms with Crippen LogP contribution in [0.4, 0.5) is 0 Å². The Bertz CT molecular complexity index is 1390. The summed E-state index contributed by atoms with van der Waals surface area (Å²) in [6, 6.07) is 6.49. The maximum atomic E-state index is 13.8. The highest BCUT2D eigenvalue weighted by atomic mass is 32.2.